The van der Waals surface area contributed by atoms with E-state index in [-0.39, 0.29) is 44.0 Å². The molecule has 5 rings (SSSR count). The van der Waals surface area contributed by atoms with Crippen LogP contribution >= 0.6 is 0 Å². The molecule has 1 aliphatic carbocycles. The number of piperidine rings is 1. The molecule has 1 saturated carbocycles. The van der Waals surface area contributed by atoms with E-state index in [1.807, 2.05) is 26.1 Å². The standard InChI is InChI=1S/C28H38FN7O3/c1-18(2)21-6-5-7-23(16-21)39-19(3)25-31-32-26(34(25)4)20-8-10-22(11-9-20)36-17-24(30-33-36)28(29)12-14-35(15-13-28)27(37)38/h5-7,16-20,22H,8-15H2,1-4H3,(H,37,38)/t19?,20-,22-. The Labute approximate surface area is 228 Å². The van der Waals surface area contributed by atoms with E-state index in [0.29, 0.717) is 11.6 Å². The van der Waals surface area contributed by atoms with Crippen molar-refractivity contribution in [2.75, 3.05) is 13.1 Å². The first-order valence-electron chi connectivity index (χ1n) is 13.9. The second kappa shape index (κ2) is 10.9. The molecule has 3 heterocycles. The average molecular weight is 540 g/mol. The molecule has 2 aromatic heterocycles. The molecule has 1 atom stereocenters. The monoisotopic (exact) mass is 539 g/mol. The van der Waals surface area contributed by atoms with Crippen LogP contribution in [0.5, 0.6) is 5.75 Å². The van der Waals surface area contributed by atoms with Gasteiger partial charge < -0.3 is 19.3 Å². The van der Waals surface area contributed by atoms with Gasteiger partial charge >= 0.3 is 6.09 Å². The molecule has 10 nitrogen and oxygen atoms in total. The Morgan fingerprint density at radius 1 is 1.10 bits per heavy atom. The maximum Gasteiger partial charge on any atom is 0.407 e. The zero-order valence-corrected chi connectivity index (χ0v) is 23.1. The summed E-state index contributed by atoms with van der Waals surface area (Å²) in [6, 6.07) is 8.33. The van der Waals surface area contributed by atoms with Gasteiger partial charge in [-0.25, -0.2) is 13.9 Å². The number of rotatable bonds is 7. The second-order valence-electron chi connectivity index (χ2n) is 11.3. The first-order chi connectivity index (χ1) is 18.6. The van der Waals surface area contributed by atoms with Crippen LogP contribution < -0.4 is 4.74 Å². The summed E-state index contributed by atoms with van der Waals surface area (Å²) >= 11 is 0. The summed E-state index contributed by atoms with van der Waals surface area (Å²) in [5.41, 5.74) is -0.0916. The van der Waals surface area contributed by atoms with Crippen molar-refractivity contribution in [3.05, 3.63) is 53.4 Å². The summed E-state index contributed by atoms with van der Waals surface area (Å²) in [5.74, 6) is 3.29. The summed E-state index contributed by atoms with van der Waals surface area (Å²) in [6.07, 6.45) is 4.29. The van der Waals surface area contributed by atoms with Gasteiger partial charge in [0.15, 0.2) is 17.6 Å². The average Bonchev–Trinajstić information content (AvgIpc) is 3.57. The summed E-state index contributed by atoms with van der Waals surface area (Å²) in [6.45, 7) is 6.66. The Morgan fingerprint density at radius 3 is 2.49 bits per heavy atom. The summed E-state index contributed by atoms with van der Waals surface area (Å²) in [4.78, 5) is 12.4. The van der Waals surface area contributed by atoms with Gasteiger partial charge in [0.25, 0.3) is 0 Å². The van der Waals surface area contributed by atoms with Crippen molar-refractivity contribution in [1.82, 2.24) is 34.7 Å². The van der Waals surface area contributed by atoms with Crippen LogP contribution in [0.3, 0.4) is 0 Å². The number of hydrogen-bond donors (Lipinski definition) is 1. The van der Waals surface area contributed by atoms with Gasteiger partial charge in [-0.05, 0) is 56.2 Å². The van der Waals surface area contributed by atoms with Crippen LogP contribution in [0.15, 0.2) is 30.5 Å². The van der Waals surface area contributed by atoms with Crippen LogP contribution in [0.2, 0.25) is 0 Å². The number of alkyl halides is 1. The molecule has 1 amide bonds. The molecular formula is C28H38FN7O3. The van der Waals surface area contributed by atoms with Gasteiger partial charge in [0, 0.05) is 38.9 Å². The van der Waals surface area contributed by atoms with Gasteiger partial charge in [-0.2, -0.15) is 0 Å². The fourth-order valence-corrected chi connectivity index (χ4v) is 5.83. The third kappa shape index (κ3) is 5.62. The minimum Gasteiger partial charge on any atom is -0.483 e. The number of carboxylic acid groups (broad SMARTS) is 1. The Morgan fingerprint density at radius 2 is 1.82 bits per heavy atom. The molecule has 1 aliphatic heterocycles. The van der Waals surface area contributed by atoms with E-state index in [4.69, 9.17) is 9.84 Å². The van der Waals surface area contributed by atoms with E-state index in [2.05, 4.69) is 51.1 Å². The van der Waals surface area contributed by atoms with Crippen LogP contribution in [0.1, 0.15) is 106 Å². The molecule has 3 aromatic rings. The first-order valence-corrected chi connectivity index (χ1v) is 13.9. The molecule has 1 N–H and O–H groups in total. The quantitative estimate of drug-likeness (QED) is 0.422. The predicted molar refractivity (Wildman–Crippen MR) is 142 cm³/mol. The highest BCUT2D eigenvalue weighted by Crippen LogP contribution is 2.40. The Hall–Kier alpha value is -3.50. The lowest BCUT2D eigenvalue weighted by molar-refractivity contribution is 0.0520. The number of hydrogen-bond acceptors (Lipinski definition) is 6. The molecule has 0 spiro atoms. The lowest BCUT2D eigenvalue weighted by atomic mass is 9.85. The van der Waals surface area contributed by atoms with Gasteiger partial charge in [0.1, 0.15) is 17.3 Å². The van der Waals surface area contributed by atoms with Gasteiger partial charge in [-0.15, -0.1) is 15.3 Å². The van der Waals surface area contributed by atoms with E-state index in [1.165, 1.54) is 10.5 Å². The second-order valence-corrected chi connectivity index (χ2v) is 11.3. The molecular weight excluding hydrogens is 501 g/mol. The number of nitrogens with zero attached hydrogens (tertiary/aromatic N) is 7. The molecule has 0 radical (unpaired) electrons. The zero-order chi connectivity index (χ0) is 27.7. The smallest absolute Gasteiger partial charge is 0.407 e. The fraction of sp³-hybridized carbons (Fsp3) is 0.607. The first kappa shape index (κ1) is 27.1. The number of aromatic nitrogens is 6. The van der Waals surface area contributed by atoms with Crippen molar-refractivity contribution in [2.24, 2.45) is 7.05 Å². The lowest BCUT2D eigenvalue weighted by Crippen LogP contribution is -2.42. The van der Waals surface area contributed by atoms with Crippen LogP contribution in [-0.4, -0.2) is 58.9 Å². The predicted octanol–water partition coefficient (Wildman–Crippen LogP) is 5.51. The van der Waals surface area contributed by atoms with E-state index in [1.54, 1.807) is 10.9 Å². The fourth-order valence-electron chi connectivity index (χ4n) is 5.83. The number of halogens is 1. The normalized spacial score (nSPS) is 22.2. The number of amides is 1. The molecule has 11 heteroatoms. The van der Waals surface area contributed by atoms with E-state index >= 15 is 4.39 Å². The van der Waals surface area contributed by atoms with Crippen LogP contribution in [0, 0.1) is 0 Å². The van der Waals surface area contributed by atoms with Gasteiger partial charge in [0.05, 0.1) is 12.2 Å². The maximum absolute atomic E-state index is 15.5. The third-order valence-electron chi connectivity index (χ3n) is 8.38. The van der Waals surface area contributed by atoms with Gasteiger partial charge in [-0.1, -0.05) is 31.2 Å². The van der Waals surface area contributed by atoms with Crippen LogP contribution in [0.4, 0.5) is 9.18 Å². The maximum atomic E-state index is 15.5. The van der Waals surface area contributed by atoms with Crippen molar-refractivity contribution in [2.45, 2.75) is 88.9 Å². The van der Waals surface area contributed by atoms with E-state index in [9.17, 15) is 4.79 Å². The Kier molecular flexibility index (Phi) is 7.59. The molecule has 1 unspecified atom stereocenters. The third-order valence-corrected chi connectivity index (χ3v) is 8.38. The topological polar surface area (TPSA) is 111 Å². The minimum absolute atomic E-state index is 0.102. The van der Waals surface area contributed by atoms with Gasteiger partial charge in [0.2, 0.25) is 0 Å². The van der Waals surface area contributed by atoms with Crippen molar-refractivity contribution in [3.63, 3.8) is 0 Å². The summed E-state index contributed by atoms with van der Waals surface area (Å²) in [5, 5.41) is 26.6. The Balaban J connectivity index is 1.19. The van der Waals surface area contributed by atoms with Crippen molar-refractivity contribution in [3.8, 4) is 5.75 Å². The summed E-state index contributed by atoms with van der Waals surface area (Å²) in [7, 11) is 2.00. The van der Waals surface area contributed by atoms with Crippen molar-refractivity contribution < 1.29 is 19.0 Å². The molecule has 1 aromatic carbocycles. The highest BCUT2D eigenvalue weighted by Gasteiger charge is 2.40. The molecule has 210 valence electrons. The zero-order valence-electron chi connectivity index (χ0n) is 23.1. The van der Waals surface area contributed by atoms with Crippen LogP contribution in [-0.2, 0) is 12.7 Å². The lowest BCUT2D eigenvalue weighted by Gasteiger charge is -2.33. The SMILES string of the molecule is CC(C)c1cccc(OC(C)c2nnc([C@H]3CC[C@H](n4cc(C5(F)CCN(C(=O)O)CC5)nn4)CC3)n2C)c1. The van der Waals surface area contributed by atoms with E-state index < -0.39 is 11.8 Å². The highest BCUT2D eigenvalue weighted by atomic mass is 19.1. The van der Waals surface area contributed by atoms with Crippen molar-refractivity contribution >= 4 is 6.09 Å². The van der Waals surface area contributed by atoms with Crippen molar-refractivity contribution in [1.29, 1.82) is 0 Å². The summed E-state index contributed by atoms with van der Waals surface area (Å²) < 4.78 is 25.6. The minimum atomic E-state index is -1.63. The number of ether oxygens (including phenoxy) is 1. The van der Waals surface area contributed by atoms with Gasteiger partial charge in [-0.3, -0.25) is 0 Å². The molecule has 2 fully saturated rings. The number of carbonyl (C=O) groups is 1. The number of benzene rings is 1. The van der Waals surface area contributed by atoms with Crippen LogP contribution in [0.25, 0.3) is 0 Å². The van der Waals surface area contributed by atoms with E-state index in [0.717, 1.165) is 43.1 Å². The molecule has 2 aliphatic rings. The highest BCUT2D eigenvalue weighted by molar-refractivity contribution is 5.65. The molecule has 1 saturated heterocycles. The largest absolute Gasteiger partial charge is 0.483 e. The molecule has 39 heavy (non-hydrogen) atoms. The number of likely N-dealkylation sites (tertiary alicyclic amines) is 1. The molecule has 0 bridgehead atoms. The Bertz CT molecular complexity index is 1290.